The minimum Gasteiger partial charge on any atom is -0.471 e. The zero-order chi connectivity index (χ0) is 10.7. The monoisotopic (exact) mass is 229 g/mol. The van der Waals surface area contributed by atoms with Gasteiger partial charge in [0.15, 0.2) is 0 Å². The molecule has 5 nitrogen and oxygen atoms in total. The Labute approximate surface area is 83.8 Å². The Morgan fingerprint density at radius 3 is 2.31 bits per heavy atom. The van der Waals surface area contributed by atoms with Gasteiger partial charge in [-0.05, 0) is 18.6 Å². The summed E-state index contributed by atoms with van der Waals surface area (Å²) < 4.78 is 13.6. The molecule has 0 spiro atoms. The van der Waals surface area contributed by atoms with Gasteiger partial charge < -0.3 is 20.3 Å². The molecule has 0 aromatic carbocycles. The Morgan fingerprint density at radius 2 is 2.00 bits per heavy atom. The summed E-state index contributed by atoms with van der Waals surface area (Å²) in [5.41, 5.74) is 5.08. The van der Waals surface area contributed by atoms with Gasteiger partial charge in [-0.25, -0.2) is 0 Å². The summed E-state index contributed by atoms with van der Waals surface area (Å²) >= 11 is 4.50. The first kappa shape index (κ1) is 15.3. The van der Waals surface area contributed by atoms with Crippen molar-refractivity contribution in [2.45, 2.75) is 26.2 Å². The van der Waals surface area contributed by atoms with Gasteiger partial charge in [0.2, 0.25) is 0 Å². The molecule has 13 heavy (non-hydrogen) atoms. The molecular formula is C6H16NO4PS. The number of hydrogen-bond acceptors (Lipinski definition) is 3. The predicted molar refractivity (Wildman–Crippen MR) is 55.7 cm³/mol. The fourth-order valence-corrected chi connectivity index (χ4v) is 0.608. The first-order chi connectivity index (χ1) is 6.00. The molecule has 0 saturated carbocycles. The molecule has 0 saturated heterocycles. The summed E-state index contributed by atoms with van der Waals surface area (Å²) in [5.74, 6) is 0. The lowest BCUT2D eigenvalue weighted by molar-refractivity contribution is 0.297. The van der Waals surface area contributed by atoms with E-state index >= 15 is 0 Å². The third-order valence-corrected chi connectivity index (χ3v) is 1.11. The van der Waals surface area contributed by atoms with E-state index in [2.05, 4.69) is 19.1 Å². The summed E-state index contributed by atoms with van der Waals surface area (Å²) in [5, 5.41) is 0.158. The van der Waals surface area contributed by atoms with Crippen molar-refractivity contribution < 1.29 is 19.1 Å². The molecule has 7 heteroatoms. The van der Waals surface area contributed by atoms with Crippen LogP contribution in [0.3, 0.4) is 0 Å². The topological polar surface area (TPSA) is 92.8 Å². The number of rotatable bonds is 4. The van der Waals surface area contributed by atoms with Crippen LogP contribution < -0.4 is 5.73 Å². The Morgan fingerprint density at radius 1 is 1.54 bits per heavy atom. The van der Waals surface area contributed by atoms with Crippen LogP contribution in [0.4, 0.5) is 0 Å². The molecule has 0 amide bonds. The van der Waals surface area contributed by atoms with Crippen LogP contribution in [-0.4, -0.2) is 21.6 Å². The Kier molecular flexibility index (Phi) is 14.0. The predicted octanol–water partition coefficient (Wildman–Crippen LogP) is 0.797. The van der Waals surface area contributed by atoms with Crippen molar-refractivity contribution in [3.05, 3.63) is 0 Å². The molecular weight excluding hydrogens is 213 g/mol. The van der Waals surface area contributed by atoms with E-state index in [9.17, 15) is 0 Å². The summed E-state index contributed by atoms with van der Waals surface area (Å²) in [7, 11) is -3.13. The van der Waals surface area contributed by atoms with E-state index < -0.39 is 8.25 Å². The largest absolute Gasteiger partial charge is 0.471 e. The van der Waals surface area contributed by atoms with Gasteiger partial charge >= 0.3 is 8.25 Å². The highest BCUT2D eigenvalue weighted by molar-refractivity contribution is 7.80. The maximum atomic E-state index is 8.74. The third kappa shape index (κ3) is 33.6. The molecule has 0 heterocycles. The second kappa shape index (κ2) is 11.8. The van der Waals surface area contributed by atoms with E-state index in [0.29, 0.717) is 6.61 Å². The zero-order valence-corrected chi connectivity index (χ0v) is 9.34. The summed E-state index contributed by atoms with van der Waals surface area (Å²) in [6.07, 6.45) is 3.43. The molecule has 0 rings (SSSR count). The van der Waals surface area contributed by atoms with Gasteiger partial charge in [0.25, 0.3) is 5.17 Å². The average molecular weight is 229 g/mol. The molecule has 0 unspecified atom stereocenters. The molecule has 0 aliphatic rings. The molecule has 0 aromatic heterocycles. The smallest absolute Gasteiger partial charge is 0.314 e. The van der Waals surface area contributed by atoms with E-state index in [4.69, 9.17) is 24.8 Å². The van der Waals surface area contributed by atoms with E-state index in [1.807, 2.05) is 0 Å². The molecule has 0 aliphatic carbocycles. The second-order valence-corrected chi connectivity index (χ2v) is 3.12. The van der Waals surface area contributed by atoms with Gasteiger partial charge in [-0.2, -0.15) is 0 Å². The maximum absolute atomic E-state index is 8.74. The van der Waals surface area contributed by atoms with Crippen molar-refractivity contribution in [3.63, 3.8) is 0 Å². The number of nitrogens with two attached hydrogens (primary N) is 1. The Balaban J connectivity index is 0. The standard InChI is InChI=1S/C6H13NOS.H3O3P/c1-2-3-4-5-8-6(7)9;1-4(2)3/h2-5H2,1H3,(H2,7,9);4H,(H2,1,2,3). The minimum atomic E-state index is -3.13. The van der Waals surface area contributed by atoms with E-state index in [-0.39, 0.29) is 5.17 Å². The highest BCUT2D eigenvalue weighted by atomic mass is 32.1. The lowest BCUT2D eigenvalue weighted by Gasteiger charge is -2.00. The first-order valence-electron chi connectivity index (χ1n) is 3.84. The summed E-state index contributed by atoms with van der Waals surface area (Å²) in [6.45, 7) is 2.81. The van der Waals surface area contributed by atoms with Crippen molar-refractivity contribution in [3.8, 4) is 0 Å². The lowest BCUT2D eigenvalue weighted by Crippen LogP contribution is -2.13. The van der Waals surface area contributed by atoms with Crippen LogP contribution in [0.1, 0.15) is 26.2 Å². The molecule has 0 aliphatic heterocycles. The van der Waals surface area contributed by atoms with Crippen molar-refractivity contribution in [1.29, 1.82) is 0 Å². The molecule has 0 aromatic rings. The number of unbranched alkanes of at least 4 members (excludes halogenated alkanes) is 2. The Bertz CT molecular complexity index is 152. The van der Waals surface area contributed by atoms with Gasteiger partial charge in [0.1, 0.15) is 0 Å². The van der Waals surface area contributed by atoms with Crippen molar-refractivity contribution in [2.75, 3.05) is 6.61 Å². The zero-order valence-electron chi connectivity index (χ0n) is 7.52. The number of hydrogen-bond donors (Lipinski definition) is 3. The number of thiocarbonyl (C=S) groups is 1. The van der Waals surface area contributed by atoms with Gasteiger partial charge in [0.05, 0.1) is 6.61 Å². The SMILES string of the molecule is CCCCCOC(N)=S.O=[PH](O)O. The average Bonchev–Trinajstić information content (AvgIpc) is 1.97. The van der Waals surface area contributed by atoms with Gasteiger partial charge in [-0.1, -0.05) is 19.8 Å². The van der Waals surface area contributed by atoms with Gasteiger partial charge in [-0.3, -0.25) is 4.57 Å². The van der Waals surface area contributed by atoms with E-state index in [1.54, 1.807) is 0 Å². The van der Waals surface area contributed by atoms with Crippen molar-refractivity contribution >= 4 is 25.6 Å². The van der Waals surface area contributed by atoms with Crippen LogP contribution in [0.5, 0.6) is 0 Å². The molecule has 80 valence electrons. The van der Waals surface area contributed by atoms with Crippen molar-refractivity contribution in [1.82, 2.24) is 0 Å². The Hall–Kier alpha value is -0.160. The molecule has 0 atom stereocenters. The minimum absolute atomic E-state index is 0.158. The third-order valence-electron chi connectivity index (χ3n) is 0.992. The fourth-order valence-electron chi connectivity index (χ4n) is 0.525. The number of ether oxygens (including phenoxy) is 1. The lowest BCUT2D eigenvalue weighted by atomic mass is 10.3. The van der Waals surface area contributed by atoms with E-state index in [0.717, 1.165) is 6.42 Å². The second-order valence-electron chi connectivity index (χ2n) is 2.16. The summed E-state index contributed by atoms with van der Waals surface area (Å²) in [6, 6.07) is 0. The highest BCUT2D eigenvalue weighted by Crippen LogP contribution is 1.98. The van der Waals surface area contributed by atoms with E-state index in [1.165, 1.54) is 12.8 Å². The van der Waals surface area contributed by atoms with Gasteiger partial charge in [0, 0.05) is 0 Å². The van der Waals surface area contributed by atoms with Crippen LogP contribution in [0, 0.1) is 0 Å². The van der Waals surface area contributed by atoms with Crippen LogP contribution in [0.25, 0.3) is 0 Å². The van der Waals surface area contributed by atoms with Crippen LogP contribution in [0.15, 0.2) is 0 Å². The normalized spacial score (nSPS) is 8.92. The highest BCUT2D eigenvalue weighted by Gasteiger charge is 1.87. The fraction of sp³-hybridized carbons (Fsp3) is 0.833. The molecule has 0 fully saturated rings. The van der Waals surface area contributed by atoms with Crippen LogP contribution in [0.2, 0.25) is 0 Å². The molecule has 4 N–H and O–H groups in total. The van der Waals surface area contributed by atoms with Crippen LogP contribution >= 0.6 is 20.5 Å². The quantitative estimate of drug-likeness (QED) is 0.375. The maximum Gasteiger partial charge on any atom is 0.314 e. The van der Waals surface area contributed by atoms with Crippen LogP contribution in [-0.2, 0) is 9.30 Å². The summed E-state index contributed by atoms with van der Waals surface area (Å²) in [4.78, 5) is 14.3. The molecule has 0 bridgehead atoms. The molecule has 0 radical (unpaired) electrons. The van der Waals surface area contributed by atoms with Gasteiger partial charge in [-0.15, -0.1) is 0 Å². The first-order valence-corrected chi connectivity index (χ1v) is 5.55. The van der Waals surface area contributed by atoms with Crippen molar-refractivity contribution in [2.24, 2.45) is 5.73 Å².